The Labute approximate surface area is 344 Å². The Balaban J connectivity index is 0.000000320. The number of hydrogen-bond acceptors (Lipinski definition) is 11. The van der Waals surface area contributed by atoms with Gasteiger partial charge in [0.15, 0.2) is 5.76 Å². The molecule has 0 spiro atoms. The summed E-state index contributed by atoms with van der Waals surface area (Å²) in [4.78, 5) is 37.7. The van der Waals surface area contributed by atoms with E-state index in [-0.39, 0.29) is 37.8 Å². The number of aromatic nitrogens is 2. The van der Waals surface area contributed by atoms with Crippen LogP contribution in [-0.4, -0.2) is 58.7 Å². The van der Waals surface area contributed by atoms with Crippen molar-refractivity contribution in [2.45, 2.75) is 42.5 Å². The summed E-state index contributed by atoms with van der Waals surface area (Å²) >= 11 is 12.2. The predicted octanol–water partition coefficient (Wildman–Crippen LogP) is 9.81. The van der Waals surface area contributed by atoms with Gasteiger partial charge in [0.25, 0.3) is 5.89 Å². The molecule has 14 nitrogen and oxygen atoms in total. The highest BCUT2D eigenvalue weighted by molar-refractivity contribution is 6.32. The molecule has 58 heavy (non-hydrogen) atoms. The highest BCUT2D eigenvalue weighted by Gasteiger charge is 2.19. The molecule has 7 rings (SSSR count). The number of methoxy groups -OCH3 is 2. The number of nitrogens with two attached hydrogens (primary N) is 1. The van der Waals surface area contributed by atoms with Gasteiger partial charge < -0.3 is 39.1 Å². The Morgan fingerprint density at radius 1 is 0.724 bits per heavy atom. The van der Waals surface area contributed by atoms with E-state index in [2.05, 4.69) is 19.6 Å². The zero-order valence-corrected chi connectivity index (χ0v) is 32.4. The quantitative estimate of drug-likeness (QED) is 0.0806. The number of benzene rings is 4. The van der Waals surface area contributed by atoms with Crippen LogP contribution < -0.4 is 5.73 Å². The van der Waals surface area contributed by atoms with Crippen LogP contribution in [0.3, 0.4) is 0 Å². The fourth-order valence-corrected chi connectivity index (χ4v) is 5.87. The van der Waals surface area contributed by atoms with E-state index in [0.717, 1.165) is 38.6 Å². The summed E-state index contributed by atoms with van der Waals surface area (Å²) in [5.74, 6) is -0.793. The van der Waals surface area contributed by atoms with Gasteiger partial charge in [-0.15, -0.1) is 0 Å². The van der Waals surface area contributed by atoms with Gasteiger partial charge in [-0.05, 0) is 98.5 Å². The molecular formula is C42H44Cl2N4O10. The molecule has 0 saturated heterocycles. The molecule has 306 valence electrons. The summed E-state index contributed by atoms with van der Waals surface area (Å²) in [6.07, 6.45) is 0. The highest BCUT2D eigenvalue weighted by atomic mass is 35.5. The minimum atomic E-state index is -1.07. The number of amidine groups is 1. The number of carboxylic acids is 1. The number of nitrogens with one attached hydrogen (secondary N) is 1. The van der Waals surface area contributed by atoms with Crippen molar-refractivity contribution in [3.8, 4) is 23.0 Å². The normalized spacial score (nSPS) is 10.1. The standard InChI is InChI=1S/C20H15ClN2O4.C11H9ClO3.C9H10N2O2.2CH4.H2O/c1-10-8-15(21)11(2)14-9-16(26-17(10)14)19-22-18(23-27-19)12-4-6-13(7-5-12)20(24)25-3;1-5-3-8(12)6(2)7-4-9(11(13)14)15-10(5)7;1-13-9(12)7-4-2-6(3-5-7)8(10)11;;;/h4-9H,1-3H3;3-4H,1-2H3,(H,13,14);2-5H,1H3,(H3,10,11);2*1H4;1H2. The molecule has 3 aromatic heterocycles. The van der Waals surface area contributed by atoms with Crippen LogP contribution >= 0.6 is 23.2 Å². The lowest BCUT2D eigenvalue weighted by molar-refractivity contribution is 0.0592. The maximum Gasteiger partial charge on any atom is 0.371 e. The third-order valence-electron chi connectivity index (χ3n) is 8.42. The number of carbonyl (C=O) groups is 3. The van der Waals surface area contributed by atoms with Crippen LogP contribution in [0.4, 0.5) is 0 Å². The summed E-state index contributed by atoms with van der Waals surface area (Å²) in [6, 6.07) is 20.1. The molecule has 0 unspecified atom stereocenters. The monoisotopic (exact) mass is 834 g/mol. The Bertz CT molecular complexity index is 2570. The number of carboxylic acid groups (broad SMARTS) is 1. The van der Waals surface area contributed by atoms with Crippen molar-refractivity contribution in [1.82, 2.24) is 10.1 Å². The largest absolute Gasteiger partial charge is 0.475 e. The second kappa shape index (κ2) is 20.1. The Kier molecular flexibility index (Phi) is 16.5. The van der Waals surface area contributed by atoms with E-state index in [1.54, 1.807) is 54.6 Å². The molecule has 6 N–H and O–H groups in total. The number of nitrogens with zero attached hydrogens (tertiary/aromatic N) is 2. The molecular weight excluding hydrogens is 791 g/mol. The molecule has 0 amide bonds. The van der Waals surface area contributed by atoms with Gasteiger partial charge in [0.1, 0.15) is 17.0 Å². The number of rotatable bonds is 6. The lowest BCUT2D eigenvalue weighted by Crippen LogP contribution is -2.11. The summed E-state index contributed by atoms with van der Waals surface area (Å²) in [7, 11) is 2.66. The fourth-order valence-electron chi connectivity index (χ4n) is 5.34. The van der Waals surface area contributed by atoms with E-state index in [1.165, 1.54) is 20.3 Å². The minimum Gasteiger partial charge on any atom is -0.475 e. The molecule has 0 bridgehead atoms. The maximum atomic E-state index is 11.5. The zero-order chi connectivity index (χ0) is 40.1. The van der Waals surface area contributed by atoms with Gasteiger partial charge in [0.2, 0.25) is 11.6 Å². The molecule has 16 heteroatoms. The lowest BCUT2D eigenvalue weighted by Gasteiger charge is -2.01. The van der Waals surface area contributed by atoms with Gasteiger partial charge in [-0.1, -0.05) is 67.5 Å². The number of ether oxygens (including phenoxy) is 2. The number of fused-ring (bicyclic) bond motifs is 2. The molecule has 0 fully saturated rings. The summed E-state index contributed by atoms with van der Waals surface area (Å²) in [5.41, 5.74) is 12.3. The van der Waals surface area contributed by atoms with Crippen LogP contribution in [0.25, 0.3) is 45.0 Å². The van der Waals surface area contributed by atoms with Crippen molar-refractivity contribution in [3.63, 3.8) is 0 Å². The van der Waals surface area contributed by atoms with E-state index in [1.807, 2.05) is 39.8 Å². The number of nitrogen functional groups attached to an aromatic ring is 1. The van der Waals surface area contributed by atoms with E-state index < -0.39 is 17.9 Å². The van der Waals surface area contributed by atoms with Crippen LogP contribution in [0.1, 0.15) is 73.9 Å². The van der Waals surface area contributed by atoms with E-state index in [0.29, 0.717) is 49.5 Å². The average molecular weight is 836 g/mol. The summed E-state index contributed by atoms with van der Waals surface area (Å²) in [5, 5.41) is 22.9. The molecule has 0 atom stereocenters. The zero-order valence-electron chi connectivity index (χ0n) is 30.9. The van der Waals surface area contributed by atoms with Gasteiger partial charge in [0.05, 0.1) is 25.3 Å². The number of halogens is 2. The molecule has 0 saturated carbocycles. The van der Waals surface area contributed by atoms with Crippen molar-refractivity contribution < 1.29 is 47.8 Å². The summed E-state index contributed by atoms with van der Waals surface area (Å²) in [6.45, 7) is 7.54. The number of aryl methyl sites for hydroxylation is 4. The third-order valence-corrected chi connectivity index (χ3v) is 9.21. The topological polar surface area (TPSA) is 236 Å². The number of hydrogen-bond donors (Lipinski definition) is 3. The second-order valence-electron chi connectivity index (χ2n) is 12.1. The first-order valence-electron chi connectivity index (χ1n) is 16.3. The third kappa shape index (κ3) is 10.3. The van der Waals surface area contributed by atoms with Gasteiger partial charge in [-0.25, -0.2) is 14.4 Å². The van der Waals surface area contributed by atoms with E-state index in [4.69, 9.17) is 52.8 Å². The molecule has 0 aliphatic heterocycles. The fraction of sp³-hybridized carbons (Fsp3) is 0.190. The number of furan rings is 2. The van der Waals surface area contributed by atoms with Crippen molar-refractivity contribution in [3.05, 3.63) is 128 Å². The van der Waals surface area contributed by atoms with Crippen LogP contribution in [0.15, 0.2) is 86.2 Å². The van der Waals surface area contributed by atoms with Gasteiger partial charge in [0, 0.05) is 31.9 Å². The molecule has 4 aromatic carbocycles. The van der Waals surface area contributed by atoms with Crippen LogP contribution in [-0.2, 0) is 9.47 Å². The van der Waals surface area contributed by atoms with Crippen molar-refractivity contribution in [2.24, 2.45) is 5.73 Å². The van der Waals surface area contributed by atoms with E-state index in [9.17, 15) is 14.4 Å². The first kappa shape index (κ1) is 47.7. The predicted molar refractivity (Wildman–Crippen MR) is 224 cm³/mol. The Morgan fingerprint density at radius 3 is 1.64 bits per heavy atom. The molecule has 0 aliphatic carbocycles. The minimum absolute atomic E-state index is 0. The molecule has 0 radical (unpaired) electrons. The first-order chi connectivity index (χ1) is 26.1. The van der Waals surface area contributed by atoms with Crippen LogP contribution in [0.5, 0.6) is 0 Å². The lowest BCUT2D eigenvalue weighted by atomic mass is 10.1. The van der Waals surface area contributed by atoms with Gasteiger partial charge >= 0.3 is 17.9 Å². The van der Waals surface area contributed by atoms with Gasteiger partial charge in [-0.2, -0.15) is 4.98 Å². The smallest absolute Gasteiger partial charge is 0.371 e. The van der Waals surface area contributed by atoms with Crippen molar-refractivity contribution in [2.75, 3.05) is 14.2 Å². The average Bonchev–Trinajstić information content (AvgIpc) is 3.96. The first-order valence-corrected chi connectivity index (χ1v) is 17.1. The molecule has 0 aliphatic rings. The maximum absolute atomic E-state index is 11.5. The molecule has 3 heterocycles. The van der Waals surface area contributed by atoms with Gasteiger partial charge in [-0.3, -0.25) is 5.41 Å². The number of carbonyl (C=O) groups excluding carboxylic acids is 2. The number of aromatic carboxylic acids is 1. The van der Waals surface area contributed by atoms with Crippen LogP contribution in [0, 0.1) is 33.1 Å². The Morgan fingerprint density at radius 2 is 1.17 bits per heavy atom. The van der Waals surface area contributed by atoms with Crippen molar-refractivity contribution in [1.29, 1.82) is 5.41 Å². The van der Waals surface area contributed by atoms with E-state index >= 15 is 0 Å². The highest BCUT2D eigenvalue weighted by Crippen LogP contribution is 2.35. The summed E-state index contributed by atoms with van der Waals surface area (Å²) < 4.78 is 25.7. The number of esters is 2. The molecule has 7 aromatic rings. The SMILES string of the molecule is C.C.COC(=O)c1ccc(-c2noc(-c3cc4c(C)c(Cl)cc(C)c4o3)n2)cc1.COC(=O)c1ccc(C(=N)N)cc1.Cc1c(Cl)cc(C)c2oc(C(=O)O)cc12.O. The van der Waals surface area contributed by atoms with Crippen molar-refractivity contribution >= 4 is 68.9 Å². The second-order valence-corrected chi connectivity index (χ2v) is 12.9. The van der Waals surface area contributed by atoms with Crippen LogP contribution in [0.2, 0.25) is 10.0 Å². The Hall–Kier alpha value is -6.48.